The lowest BCUT2D eigenvalue weighted by molar-refractivity contribution is 0.618. The molecule has 1 heteroatoms. The van der Waals surface area contributed by atoms with Crippen molar-refractivity contribution in [3.63, 3.8) is 0 Å². The van der Waals surface area contributed by atoms with Crippen LogP contribution >= 0.6 is 11.3 Å². The van der Waals surface area contributed by atoms with Gasteiger partial charge in [0.05, 0.1) is 0 Å². The molecule has 3 aliphatic rings. The van der Waals surface area contributed by atoms with Crippen molar-refractivity contribution in [3.8, 4) is 0 Å². The maximum absolute atomic E-state index is 2.51. The van der Waals surface area contributed by atoms with Gasteiger partial charge < -0.3 is 0 Å². The first-order valence-electron chi connectivity index (χ1n) is 18.7. The van der Waals surface area contributed by atoms with Gasteiger partial charge in [-0.1, -0.05) is 153 Å². The topological polar surface area (TPSA) is 0 Å². The molecule has 1 atom stereocenters. The number of benzene rings is 7. The van der Waals surface area contributed by atoms with Crippen molar-refractivity contribution in [2.24, 2.45) is 0 Å². The summed E-state index contributed by atoms with van der Waals surface area (Å²) in [6, 6.07) is 47.9. The van der Waals surface area contributed by atoms with E-state index in [1.165, 1.54) is 97.0 Å². The third kappa shape index (κ3) is 4.33. The molecule has 0 spiro atoms. The zero-order valence-electron chi connectivity index (χ0n) is 29.5. The van der Waals surface area contributed by atoms with Crippen LogP contribution < -0.4 is 0 Å². The van der Waals surface area contributed by atoms with E-state index < -0.39 is 0 Å². The van der Waals surface area contributed by atoms with Gasteiger partial charge in [-0.05, 0) is 114 Å². The highest BCUT2D eigenvalue weighted by molar-refractivity contribution is 7.25. The second-order valence-electron chi connectivity index (χ2n) is 15.5. The van der Waals surface area contributed by atoms with Crippen LogP contribution in [-0.2, 0) is 5.41 Å². The van der Waals surface area contributed by atoms with Crippen LogP contribution in [0.4, 0.5) is 0 Å². The monoisotopic (exact) mass is 682 g/mol. The Labute approximate surface area is 308 Å². The number of hydrogen-bond acceptors (Lipinski definition) is 1. The van der Waals surface area contributed by atoms with Crippen LogP contribution in [0.1, 0.15) is 66.8 Å². The van der Waals surface area contributed by atoms with Gasteiger partial charge in [-0.15, -0.1) is 11.3 Å². The van der Waals surface area contributed by atoms with Crippen molar-refractivity contribution in [1.82, 2.24) is 0 Å². The minimum absolute atomic E-state index is 0.0470. The largest absolute Gasteiger partial charge is 0.135 e. The molecule has 0 N–H and O–H groups in total. The van der Waals surface area contributed by atoms with Crippen LogP contribution in [0.15, 0.2) is 157 Å². The molecule has 1 aromatic heterocycles. The summed E-state index contributed by atoms with van der Waals surface area (Å²) in [5.41, 5.74) is 13.0. The fourth-order valence-corrected chi connectivity index (χ4v) is 11.2. The molecule has 3 aliphatic carbocycles. The Kier molecular flexibility index (Phi) is 6.52. The predicted octanol–water partition coefficient (Wildman–Crippen LogP) is 14.6. The van der Waals surface area contributed by atoms with Gasteiger partial charge in [0.25, 0.3) is 0 Å². The summed E-state index contributed by atoms with van der Waals surface area (Å²) >= 11 is 1.91. The number of thiophene rings is 1. The van der Waals surface area contributed by atoms with Gasteiger partial charge >= 0.3 is 0 Å². The van der Waals surface area contributed by atoms with Crippen molar-refractivity contribution in [1.29, 1.82) is 0 Å². The lowest BCUT2D eigenvalue weighted by Gasteiger charge is -2.29. The van der Waals surface area contributed by atoms with Crippen molar-refractivity contribution in [3.05, 3.63) is 185 Å². The first-order chi connectivity index (χ1) is 25.5. The fourth-order valence-electron chi connectivity index (χ4n) is 10.1. The van der Waals surface area contributed by atoms with Gasteiger partial charge in [0.15, 0.2) is 0 Å². The Bertz CT molecular complexity index is 2880. The molecule has 1 heterocycles. The molecule has 52 heavy (non-hydrogen) atoms. The zero-order valence-corrected chi connectivity index (χ0v) is 30.4. The standard InChI is InChI=1S/C51H38S/c1-51(2)45-27-25-35(28-43(45)41-26-24-34-29-47-44(30-42(34)50(41)51)36-14-10-11-19-46(36)52-47)49-39-17-8-6-15-37(39)48(38-16-7-9-18-40(38)49)33-22-20-32(21-23-33)31-12-4-3-5-13-31/h3-20,22,24-27,29-30,43H,21,23,28H2,1-2H3. The highest BCUT2D eigenvalue weighted by atomic mass is 32.1. The van der Waals surface area contributed by atoms with Crippen LogP contribution in [-0.4, -0.2) is 0 Å². The minimum Gasteiger partial charge on any atom is -0.135 e. The van der Waals surface area contributed by atoms with Crippen LogP contribution in [0.2, 0.25) is 0 Å². The molecule has 0 saturated heterocycles. The summed E-state index contributed by atoms with van der Waals surface area (Å²) in [6.45, 7) is 4.92. The Morgan fingerprint density at radius 1 is 0.500 bits per heavy atom. The molecule has 7 aromatic carbocycles. The fraction of sp³-hybridized carbons (Fsp3) is 0.137. The average Bonchev–Trinajstić information content (AvgIpc) is 3.67. The number of allylic oxidation sites excluding steroid dienone is 8. The quantitative estimate of drug-likeness (QED) is 0.163. The first kappa shape index (κ1) is 30.2. The SMILES string of the molecule is CC1(C)C2=CC=C(c3c4ccccc4c(C4=CC=C(c5ccccc5)CC4)c4ccccc34)CC2c2ccc3cc4sc5ccccc5c4cc3c21. The predicted molar refractivity (Wildman–Crippen MR) is 226 cm³/mol. The summed E-state index contributed by atoms with van der Waals surface area (Å²) in [4.78, 5) is 0. The second kappa shape index (κ2) is 11.2. The van der Waals surface area contributed by atoms with E-state index in [0.29, 0.717) is 5.92 Å². The number of rotatable bonds is 3. The van der Waals surface area contributed by atoms with E-state index >= 15 is 0 Å². The highest BCUT2D eigenvalue weighted by Crippen LogP contribution is 2.58. The number of fused-ring (bicyclic) bond motifs is 10. The van der Waals surface area contributed by atoms with Crippen molar-refractivity contribution >= 4 is 80.5 Å². The lowest BCUT2D eigenvalue weighted by Crippen LogP contribution is -2.18. The summed E-state index contributed by atoms with van der Waals surface area (Å²) in [5, 5.41) is 11.0. The van der Waals surface area contributed by atoms with Crippen LogP contribution in [0.3, 0.4) is 0 Å². The summed E-state index contributed by atoms with van der Waals surface area (Å²) in [7, 11) is 0. The summed E-state index contributed by atoms with van der Waals surface area (Å²) < 4.78 is 2.75. The van der Waals surface area contributed by atoms with E-state index in [0.717, 1.165) is 19.3 Å². The third-order valence-corrected chi connectivity index (χ3v) is 13.5. The van der Waals surface area contributed by atoms with E-state index in [4.69, 9.17) is 0 Å². The van der Waals surface area contributed by atoms with Gasteiger partial charge in [-0.25, -0.2) is 0 Å². The second-order valence-corrected chi connectivity index (χ2v) is 16.6. The third-order valence-electron chi connectivity index (χ3n) is 12.4. The molecule has 0 radical (unpaired) electrons. The minimum atomic E-state index is -0.0470. The van der Waals surface area contributed by atoms with E-state index in [2.05, 4.69) is 166 Å². The Balaban J connectivity index is 1.06. The van der Waals surface area contributed by atoms with Crippen LogP contribution in [0.25, 0.3) is 69.2 Å². The molecular weight excluding hydrogens is 645 g/mol. The summed E-state index contributed by atoms with van der Waals surface area (Å²) in [5.74, 6) is 0.365. The molecular formula is C51H38S. The van der Waals surface area contributed by atoms with Crippen molar-refractivity contribution < 1.29 is 0 Å². The smallest absolute Gasteiger partial charge is 0.0361 e. The first-order valence-corrected chi connectivity index (χ1v) is 19.6. The van der Waals surface area contributed by atoms with Crippen molar-refractivity contribution in [2.75, 3.05) is 0 Å². The molecule has 248 valence electrons. The van der Waals surface area contributed by atoms with Gasteiger partial charge in [-0.2, -0.15) is 0 Å². The highest BCUT2D eigenvalue weighted by Gasteiger charge is 2.44. The maximum Gasteiger partial charge on any atom is 0.0361 e. The Hall–Kier alpha value is -5.50. The molecule has 11 rings (SSSR count). The van der Waals surface area contributed by atoms with E-state index in [1.807, 2.05) is 11.3 Å². The molecule has 0 aliphatic heterocycles. The van der Waals surface area contributed by atoms with Gasteiger partial charge in [-0.3, -0.25) is 0 Å². The molecule has 8 aromatic rings. The summed E-state index contributed by atoms with van der Waals surface area (Å²) in [6.07, 6.45) is 12.8. The van der Waals surface area contributed by atoms with Crippen molar-refractivity contribution in [2.45, 2.75) is 44.4 Å². The molecule has 1 unspecified atom stereocenters. The molecule has 0 bridgehead atoms. The molecule has 0 amide bonds. The van der Waals surface area contributed by atoms with E-state index in [1.54, 1.807) is 5.57 Å². The Morgan fingerprint density at radius 3 is 1.79 bits per heavy atom. The van der Waals surface area contributed by atoms with Crippen LogP contribution in [0.5, 0.6) is 0 Å². The van der Waals surface area contributed by atoms with Gasteiger partial charge in [0.2, 0.25) is 0 Å². The lowest BCUT2D eigenvalue weighted by atomic mass is 9.75. The normalized spacial score (nSPS) is 18.0. The van der Waals surface area contributed by atoms with Gasteiger partial charge in [0, 0.05) is 31.5 Å². The van der Waals surface area contributed by atoms with Crippen LogP contribution in [0, 0.1) is 0 Å². The van der Waals surface area contributed by atoms with E-state index in [9.17, 15) is 0 Å². The molecule has 0 saturated carbocycles. The molecule has 0 fully saturated rings. The zero-order chi connectivity index (χ0) is 34.6. The number of hydrogen-bond donors (Lipinski definition) is 0. The molecule has 0 nitrogen and oxygen atoms in total. The van der Waals surface area contributed by atoms with E-state index in [-0.39, 0.29) is 5.41 Å². The van der Waals surface area contributed by atoms with Gasteiger partial charge in [0.1, 0.15) is 0 Å². The average molecular weight is 683 g/mol. The Morgan fingerprint density at radius 2 is 1.10 bits per heavy atom. The maximum atomic E-state index is 2.51.